The summed E-state index contributed by atoms with van der Waals surface area (Å²) in [6.45, 7) is 2.39. The fourth-order valence-electron chi connectivity index (χ4n) is 1.72. The molecule has 0 saturated heterocycles. The number of carbonyl (C=O) groups excluding carboxylic acids is 1. The van der Waals surface area contributed by atoms with E-state index in [1.165, 1.54) is 0 Å². The highest BCUT2D eigenvalue weighted by Crippen LogP contribution is 2.26. The molecule has 0 heterocycles. The Morgan fingerprint density at radius 2 is 2.15 bits per heavy atom. The Kier molecular flexibility index (Phi) is 4.22. The molecule has 0 unspecified atom stereocenters. The van der Waals surface area contributed by atoms with Crippen molar-refractivity contribution in [2.75, 3.05) is 6.61 Å². The number of unbranched alkanes of at least 4 members (excludes halogenated alkanes) is 1. The van der Waals surface area contributed by atoms with Crippen molar-refractivity contribution in [1.82, 2.24) is 5.32 Å². The molecule has 0 radical (unpaired) electrons. The van der Waals surface area contributed by atoms with Gasteiger partial charge in [-0.3, -0.25) is 4.79 Å². The first-order valence-corrected chi connectivity index (χ1v) is 5.12. The van der Waals surface area contributed by atoms with Gasteiger partial charge in [-0.15, -0.1) is 0 Å². The smallest absolute Gasteiger partial charge is 0.220 e. The molecule has 2 N–H and O–H groups in total. The summed E-state index contributed by atoms with van der Waals surface area (Å²) in [5.41, 5.74) is 0. The van der Waals surface area contributed by atoms with Crippen molar-refractivity contribution in [1.29, 1.82) is 0 Å². The van der Waals surface area contributed by atoms with Crippen LogP contribution in [-0.2, 0) is 4.79 Å². The second-order valence-electron chi connectivity index (χ2n) is 4.02. The van der Waals surface area contributed by atoms with E-state index in [1.807, 2.05) is 0 Å². The second kappa shape index (κ2) is 5.22. The van der Waals surface area contributed by atoms with Crippen LogP contribution in [0, 0.1) is 5.92 Å². The lowest BCUT2D eigenvalue weighted by atomic mass is 9.82. The molecule has 0 aromatic carbocycles. The first kappa shape index (κ1) is 10.5. The monoisotopic (exact) mass is 185 g/mol. The maximum absolute atomic E-state index is 11.2. The van der Waals surface area contributed by atoms with Crippen molar-refractivity contribution in [3.05, 3.63) is 0 Å². The summed E-state index contributed by atoms with van der Waals surface area (Å²) in [5, 5.41) is 11.5. The van der Waals surface area contributed by atoms with Gasteiger partial charge in [0.2, 0.25) is 5.91 Å². The van der Waals surface area contributed by atoms with Crippen molar-refractivity contribution < 1.29 is 9.90 Å². The fraction of sp³-hybridized carbons (Fsp3) is 0.900. The van der Waals surface area contributed by atoms with Crippen molar-refractivity contribution in [3.63, 3.8) is 0 Å². The molecule has 0 bridgehead atoms. The van der Waals surface area contributed by atoms with Gasteiger partial charge in [0.25, 0.3) is 0 Å². The van der Waals surface area contributed by atoms with Crippen LogP contribution in [0.2, 0.25) is 0 Å². The van der Waals surface area contributed by atoms with Crippen molar-refractivity contribution in [3.8, 4) is 0 Å². The average molecular weight is 185 g/mol. The lowest BCUT2D eigenvalue weighted by Gasteiger charge is -2.33. The predicted octanol–water partition coefficient (Wildman–Crippen LogP) is 1.06. The van der Waals surface area contributed by atoms with Gasteiger partial charge in [-0.1, -0.05) is 6.92 Å². The number of hydrogen-bond donors (Lipinski definition) is 2. The minimum Gasteiger partial charge on any atom is -0.396 e. The molecule has 3 heteroatoms. The Labute approximate surface area is 79.5 Å². The summed E-state index contributed by atoms with van der Waals surface area (Å²) in [6.07, 6.45) is 4.35. The molecular formula is C10H19NO2. The predicted molar refractivity (Wildman–Crippen MR) is 51.3 cm³/mol. The summed E-state index contributed by atoms with van der Waals surface area (Å²) in [5.74, 6) is 0.924. The molecule has 3 nitrogen and oxygen atoms in total. The van der Waals surface area contributed by atoms with Crippen molar-refractivity contribution in [2.24, 2.45) is 5.92 Å². The fourth-order valence-corrected chi connectivity index (χ4v) is 1.72. The third kappa shape index (κ3) is 3.77. The molecule has 1 saturated carbocycles. The largest absolute Gasteiger partial charge is 0.396 e. The Bertz CT molecular complexity index is 164. The zero-order valence-corrected chi connectivity index (χ0v) is 8.25. The van der Waals surface area contributed by atoms with Crippen LogP contribution in [0.3, 0.4) is 0 Å². The minimum atomic E-state index is 0.144. The molecule has 76 valence electrons. The van der Waals surface area contributed by atoms with Crippen LogP contribution >= 0.6 is 0 Å². The van der Waals surface area contributed by atoms with E-state index in [9.17, 15) is 4.79 Å². The quantitative estimate of drug-likeness (QED) is 0.629. The Balaban J connectivity index is 1.98. The Morgan fingerprint density at radius 3 is 2.69 bits per heavy atom. The summed E-state index contributed by atoms with van der Waals surface area (Å²) >= 11 is 0. The molecular weight excluding hydrogens is 166 g/mol. The van der Waals surface area contributed by atoms with Gasteiger partial charge in [0.1, 0.15) is 0 Å². The van der Waals surface area contributed by atoms with E-state index in [0.29, 0.717) is 12.5 Å². The van der Waals surface area contributed by atoms with Gasteiger partial charge in [0.15, 0.2) is 0 Å². The van der Waals surface area contributed by atoms with E-state index in [0.717, 1.165) is 31.6 Å². The van der Waals surface area contributed by atoms with Gasteiger partial charge in [-0.05, 0) is 31.6 Å². The Hall–Kier alpha value is -0.570. The summed E-state index contributed by atoms with van der Waals surface area (Å²) < 4.78 is 0. The van der Waals surface area contributed by atoms with Crippen LogP contribution in [0.25, 0.3) is 0 Å². The first-order chi connectivity index (χ1) is 6.22. The molecule has 1 amide bonds. The number of carbonyl (C=O) groups is 1. The first-order valence-electron chi connectivity index (χ1n) is 5.12. The summed E-state index contributed by atoms with van der Waals surface area (Å²) in [6, 6.07) is 0.427. The van der Waals surface area contributed by atoms with E-state index < -0.39 is 0 Å². The zero-order chi connectivity index (χ0) is 9.68. The molecule has 0 spiro atoms. The van der Waals surface area contributed by atoms with Gasteiger partial charge in [-0.2, -0.15) is 0 Å². The van der Waals surface area contributed by atoms with E-state index in [-0.39, 0.29) is 12.5 Å². The van der Waals surface area contributed by atoms with Crippen LogP contribution in [0.15, 0.2) is 0 Å². The average Bonchev–Trinajstić information content (AvgIpc) is 2.02. The van der Waals surface area contributed by atoms with Crippen LogP contribution in [0.1, 0.15) is 39.0 Å². The van der Waals surface area contributed by atoms with Gasteiger partial charge in [0.05, 0.1) is 0 Å². The maximum Gasteiger partial charge on any atom is 0.220 e. The van der Waals surface area contributed by atoms with E-state index in [2.05, 4.69) is 12.2 Å². The zero-order valence-electron chi connectivity index (χ0n) is 8.25. The molecule has 0 aromatic rings. The lowest BCUT2D eigenvalue weighted by molar-refractivity contribution is -0.122. The molecule has 1 aliphatic carbocycles. The highest BCUT2D eigenvalue weighted by molar-refractivity contribution is 5.76. The molecule has 1 rings (SSSR count). The van der Waals surface area contributed by atoms with Gasteiger partial charge >= 0.3 is 0 Å². The topological polar surface area (TPSA) is 49.3 Å². The SMILES string of the molecule is CC1CC(NC(=O)CCCCO)C1. The number of amides is 1. The van der Waals surface area contributed by atoms with E-state index in [1.54, 1.807) is 0 Å². The second-order valence-corrected chi connectivity index (χ2v) is 4.02. The Morgan fingerprint density at radius 1 is 1.46 bits per heavy atom. The van der Waals surface area contributed by atoms with E-state index in [4.69, 9.17) is 5.11 Å². The molecule has 0 aliphatic heterocycles. The highest BCUT2D eigenvalue weighted by atomic mass is 16.2. The molecule has 1 fully saturated rings. The maximum atomic E-state index is 11.2. The third-order valence-electron chi connectivity index (χ3n) is 2.55. The number of aliphatic hydroxyl groups is 1. The standard InChI is InChI=1S/C10H19NO2/c1-8-6-9(7-8)11-10(13)4-2-3-5-12/h8-9,12H,2-7H2,1H3,(H,11,13). The molecule has 0 atom stereocenters. The van der Waals surface area contributed by atoms with Crippen molar-refractivity contribution in [2.45, 2.75) is 45.1 Å². The van der Waals surface area contributed by atoms with Gasteiger partial charge < -0.3 is 10.4 Å². The molecule has 1 aliphatic rings. The summed E-state index contributed by atoms with van der Waals surface area (Å²) in [4.78, 5) is 11.2. The highest BCUT2D eigenvalue weighted by Gasteiger charge is 2.26. The normalized spacial score (nSPS) is 26.6. The number of hydrogen-bond acceptors (Lipinski definition) is 2. The van der Waals surface area contributed by atoms with Crippen LogP contribution in [0.5, 0.6) is 0 Å². The number of rotatable bonds is 5. The summed E-state index contributed by atoms with van der Waals surface area (Å²) in [7, 11) is 0. The van der Waals surface area contributed by atoms with E-state index >= 15 is 0 Å². The lowest BCUT2D eigenvalue weighted by Crippen LogP contribution is -2.43. The van der Waals surface area contributed by atoms with Gasteiger partial charge in [-0.25, -0.2) is 0 Å². The molecule has 0 aromatic heterocycles. The van der Waals surface area contributed by atoms with Gasteiger partial charge in [0, 0.05) is 19.1 Å². The minimum absolute atomic E-state index is 0.144. The van der Waals surface area contributed by atoms with Crippen LogP contribution in [0.4, 0.5) is 0 Å². The van der Waals surface area contributed by atoms with Crippen LogP contribution in [-0.4, -0.2) is 23.7 Å². The number of nitrogens with one attached hydrogen (secondary N) is 1. The number of aliphatic hydroxyl groups excluding tert-OH is 1. The molecule has 13 heavy (non-hydrogen) atoms. The van der Waals surface area contributed by atoms with Crippen LogP contribution < -0.4 is 5.32 Å². The van der Waals surface area contributed by atoms with Crippen molar-refractivity contribution >= 4 is 5.91 Å². The third-order valence-corrected chi connectivity index (χ3v) is 2.55.